The molecular formula is C12H21N3O4. The number of hydrogen-bond donors (Lipinski definition) is 3. The predicted molar refractivity (Wildman–Crippen MR) is 68.6 cm³/mol. The Labute approximate surface area is 112 Å². The van der Waals surface area contributed by atoms with Gasteiger partial charge in [0.15, 0.2) is 0 Å². The van der Waals surface area contributed by atoms with Crippen molar-refractivity contribution in [3.63, 3.8) is 0 Å². The molecule has 0 aromatic heterocycles. The second kappa shape index (κ2) is 5.90. The van der Waals surface area contributed by atoms with E-state index in [9.17, 15) is 14.4 Å². The van der Waals surface area contributed by atoms with E-state index < -0.39 is 23.9 Å². The minimum Gasteiger partial charge on any atom is -0.481 e. The Balaban J connectivity index is 2.68. The molecule has 1 fully saturated rings. The lowest BCUT2D eigenvalue weighted by molar-refractivity contribution is -0.142. The minimum atomic E-state index is -1.10. The van der Waals surface area contributed by atoms with E-state index in [0.29, 0.717) is 19.6 Å². The molecule has 7 heteroatoms. The minimum absolute atomic E-state index is 0.0734. The molecule has 1 atom stereocenters. The number of rotatable bonds is 3. The Kier molecular flexibility index (Phi) is 4.74. The summed E-state index contributed by atoms with van der Waals surface area (Å²) in [5.74, 6) is -1.52. The van der Waals surface area contributed by atoms with Gasteiger partial charge in [0.1, 0.15) is 6.04 Å². The number of carbonyl (C=O) groups excluding carboxylic acids is 2. The van der Waals surface area contributed by atoms with Gasteiger partial charge in [-0.1, -0.05) is 20.8 Å². The molecule has 1 aliphatic rings. The number of carbonyl (C=O) groups is 3. The van der Waals surface area contributed by atoms with Crippen LogP contribution in [-0.4, -0.2) is 53.6 Å². The Hall–Kier alpha value is -1.79. The van der Waals surface area contributed by atoms with Crippen LogP contribution < -0.4 is 10.6 Å². The summed E-state index contributed by atoms with van der Waals surface area (Å²) in [5, 5.41) is 14.1. The topological polar surface area (TPSA) is 98.7 Å². The van der Waals surface area contributed by atoms with Crippen LogP contribution in [0.1, 0.15) is 27.2 Å². The van der Waals surface area contributed by atoms with Gasteiger partial charge in [-0.25, -0.2) is 4.79 Å². The average Bonchev–Trinajstić information content (AvgIpc) is 2.27. The summed E-state index contributed by atoms with van der Waals surface area (Å²) in [6.07, 6.45) is -0.380. The molecule has 0 aromatic carbocycles. The maximum atomic E-state index is 12.0. The van der Waals surface area contributed by atoms with Gasteiger partial charge in [-0.3, -0.25) is 9.59 Å². The highest BCUT2D eigenvalue weighted by molar-refractivity contribution is 5.91. The molecule has 1 unspecified atom stereocenters. The van der Waals surface area contributed by atoms with Crippen molar-refractivity contribution in [2.75, 3.05) is 19.6 Å². The molecule has 0 radical (unpaired) electrons. The summed E-state index contributed by atoms with van der Waals surface area (Å²) >= 11 is 0. The maximum Gasteiger partial charge on any atom is 0.318 e. The summed E-state index contributed by atoms with van der Waals surface area (Å²) in [5.41, 5.74) is -0.0734. The van der Waals surface area contributed by atoms with Crippen molar-refractivity contribution in [2.45, 2.75) is 33.2 Å². The lowest BCUT2D eigenvalue weighted by atomic mass is 9.97. The number of amides is 3. The van der Waals surface area contributed by atoms with E-state index in [1.54, 1.807) is 0 Å². The number of carboxylic acids is 1. The summed E-state index contributed by atoms with van der Waals surface area (Å²) in [4.78, 5) is 35.7. The van der Waals surface area contributed by atoms with E-state index >= 15 is 0 Å². The number of nitrogens with zero attached hydrogens (tertiary/aromatic N) is 1. The van der Waals surface area contributed by atoms with E-state index in [-0.39, 0.29) is 11.8 Å². The normalized spacial score (nSPS) is 19.8. The first-order valence-electron chi connectivity index (χ1n) is 6.25. The summed E-state index contributed by atoms with van der Waals surface area (Å²) in [7, 11) is 0. The monoisotopic (exact) mass is 271 g/mol. The number of aliphatic carboxylic acids is 1. The molecule has 1 aliphatic heterocycles. The van der Waals surface area contributed by atoms with Gasteiger partial charge in [0, 0.05) is 19.6 Å². The quantitative estimate of drug-likeness (QED) is 0.673. The molecule has 0 bridgehead atoms. The van der Waals surface area contributed by atoms with Crippen molar-refractivity contribution in [2.24, 2.45) is 5.41 Å². The van der Waals surface area contributed by atoms with Gasteiger partial charge in [-0.15, -0.1) is 0 Å². The van der Waals surface area contributed by atoms with E-state index in [1.807, 2.05) is 20.8 Å². The van der Waals surface area contributed by atoms with Crippen molar-refractivity contribution >= 4 is 17.9 Å². The van der Waals surface area contributed by atoms with Crippen molar-refractivity contribution in [1.82, 2.24) is 15.5 Å². The molecule has 0 spiro atoms. The van der Waals surface area contributed by atoms with Gasteiger partial charge < -0.3 is 20.6 Å². The number of urea groups is 1. The second-order valence-corrected chi connectivity index (χ2v) is 5.82. The third-order valence-corrected chi connectivity index (χ3v) is 2.73. The predicted octanol–water partition coefficient (Wildman–Crippen LogP) is 0.0172. The van der Waals surface area contributed by atoms with E-state index in [1.165, 1.54) is 4.90 Å². The van der Waals surface area contributed by atoms with Crippen LogP contribution in [0.15, 0.2) is 0 Å². The molecule has 1 saturated heterocycles. The Morgan fingerprint density at radius 3 is 2.63 bits per heavy atom. The van der Waals surface area contributed by atoms with E-state index in [0.717, 1.165) is 0 Å². The standard InChI is InChI=1S/C12H21N3O4/c1-12(2,3)7-14-11(19)15-5-4-13-10(18)8(15)6-9(16)17/h8H,4-7H2,1-3H3,(H,13,18)(H,14,19)(H,16,17). The number of piperazine rings is 1. The van der Waals surface area contributed by atoms with Gasteiger partial charge >= 0.3 is 12.0 Å². The smallest absolute Gasteiger partial charge is 0.318 e. The first kappa shape index (κ1) is 15.3. The zero-order chi connectivity index (χ0) is 14.6. The van der Waals surface area contributed by atoms with Crippen molar-refractivity contribution in [1.29, 1.82) is 0 Å². The van der Waals surface area contributed by atoms with Crippen LogP contribution >= 0.6 is 0 Å². The fraction of sp³-hybridized carbons (Fsp3) is 0.750. The number of carboxylic acid groups (broad SMARTS) is 1. The lowest BCUT2D eigenvalue weighted by Crippen LogP contribution is -2.60. The first-order chi connectivity index (χ1) is 8.70. The van der Waals surface area contributed by atoms with E-state index in [4.69, 9.17) is 5.11 Å². The molecule has 3 amide bonds. The molecule has 0 aliphatic carbocycles. The van der Waals surface area contributed by atoms with Gasteiger partial charge in [0.25, 0.3) is 0 Å². The van der Waals surface area contributed by atoms with Crippen LogP contribution in [0.3, 0.4) is 0 Å². The van der Waals surface area contributed by atoms with Crippen LogP contribution in [0.2, 0.25) is 0 Å². The highest BCUT2D eigenvalue weighted by Crippen LogP contribution is 2.13. The average molecular weight is 271 g/mol. The van der Waals surface area contributed by atoms with Crippen LogP contribution in [0.5, 0.6) is 0 Å². The summed E-state index contributed by atoms with van der Waals surface area (Å²) < 4.78 is 0. The summed E-state index contributed by atoms with van der Waals surface area (Å²) in [6, 6.07) is -1.33. The third-order valence-electron chi connectivity index (χ3n) is 2.73. The van der Waals surface area contributed by atoms with Crippen molar-refractivity contribution in [3.05, 3.63) is 0 Å². The van der Waals surface area contributed by atoms with Gasteiger partial charge in [0.2, 0.25) is 5.91 Å². The highest BCUT2D eigenvalue weighted by Gasteiger charge is 2.34. The van der Waals surface area contributed by atoms with Crippen LogP contribution in [0.4, 0.5) is 4.79 Å². The lowest BCUT2D eigenvalue weighted by Gasteiger charge is -2.35. The Morgan fingerprint density at radius 1 is 1.47 bits per heavy atom. The van der Waals surface area contributed by atoms with Crippen LogP contribution in [0, 0.1) is 5.41 Å². The van der Waals surface area contributed by atoms with Crippen LogP contribution in [-0.2, 0) is 9.59 Å². The molecular weight excluding hydrogens is 250 g/mol. The van der Waals surface area contributed by atoms with Crippen LogP contribution in [0.25, 0.3) is 0 Å². The van der Waals surface area contributed by atoms with E-state index in [2.05, 4.69) is 10.6 Å². The molecule has 0 saturated carbocycles. The largest absolute Gasteiger partial charge is 0.481 e. The Morgan fingerprint density at radius 2 is 2.11 bits per heavy atom. The summed E-state index contributed by atoms with van der Waals surface area (Å²) in [6.45, 7) is 7.06. The molecule has 19 heavy (non-hydrogen) atoms. The maximum absolute atomic E-state index is 12.0. The molecule has 1 heterocycles. The fourth-order valence-electron chi connectivity index (χ4n) is 1.77. The van der Waals surface area contributed by atoms with Gasteiger partial charge in [-0.05, 0) is 5.41 Å². The van der Waals surface area contributed by atoms with Crippen molar-refractivity contribution in [3.8, 4) is 0 Å². The SMILES string of the molecule is CC(C)(C)CNC(=O)N1CCNC(=O)C1CC(=O)O. The van der Waals surface area contributed by atoms with Gasteiger partial charge in [-0.2, -0.15) is 0 Å². The number of hydrogen-bond acceptors (Lipinski definition) is 3. The number of nitrogens with one attached hydrogen (secondary N) is 2. The molecule has 1 rings (SSSR count). The van der Waals surface area contributed by atoms with Crippen molar-refractivity contribution < 1.29 is 19.5 Å². The zero-order valence-corrected chi connectivity index (χ0v) is 11.5. The van der Waals surface area contributed by atoms with Gasteiger partial charge in [0.05, 0.1) is 6.42 Å². The molecule has 7 nitrogen and oxygen atoms in total. The second-order valence-electron chi connectivity index (χ2n) is 5.82. The molecule has 3 N–H and O–H groups in total. The first-order valence-corrected chi connectivity index (χ1v) is 6.25. The molecule has 0 aromatic rings. The zero-order valence-electron chi connectivity index (χ0n) is 11.5. The fourth-order valence-corrected chi connectivity index (χ4v) is 1.77. The molecule has 108 valence electrons. The highest BCUT2D eigenvalue weighted by atomic mass is 16.4. The third kappa shape index (κ3) is 4.76. The Bertz CT molecular complexity index is 376.